The van der Waals surface area contributed by atoms with Gasteiger partial charge in [0.25, 0.3) is 0 Å². The van der Waals surface area contributed by atoms with Crippen LogP contribution in [0.1, 0.15) is 46.0 Å². The molecule has 2 heteroatoms. The van der Waals surface area contributed by atoms with Gasteiger partial charge in [0, 0.05) is 12.6 Å². The van der Waals surface area contributed by atoms with Crippen molar-refractivity contribution in [3.05, 3.63) is 11.1 Å². The normalized spacial score (nSPS) is 31.5. The molecule has 2 nitrogen and oxygen atoms in total. The van der Waals surface area contributed by atoms with Crippen LogP contribution in [0.5, 0.6) is 0 Å². The highest BCUT2D eigenvalue weighted by Gasteiger charge is 2.17. The maximum Gasteiger partial charge on any atom is 0.0623 e. The Kier molecular flexibility index (Phi) is 4.42. The molecule has 0 aromatic rings. The van der Waals surface area contributed by atoms with Crippen molar-refractivity contribution in [2.45, 2.75) is 52.0 Å². The summed E-state index contributed by atoms with van der Waals surface area (Å²) in [5.41, 5.74) is 3.35. The van der Waals surface area contributed by atoms with Gasteiger partial charge in [-0.1, -0.05) is 18.1 Å². The molecule has 16 heavy (non-hydrogen) atoms. The molecule has 1 atom stereocenters. The molecular weight excluding hydrogens is 198 g/mol. The molecule has 0 radical (unpaired) electrons. The van der Waals surface area contributed by atoms with Gasteiger partial charge < -0.3 is 10.1 Å². The Hall–Kier alpha value is -0.340. The van der Waals surface area contributed by atoms with Gasteiger partial charge in [-0.25, -0.2) is 0 Å². The van der Waals surface area contributed by atoms with E-state index < -0.39 is 0 Å². The molecule has 0 aromatic carbocycles. The summed E-state index contributed by atoms with van der Waals surface area (Å²) < 4.78 is 5.50. The van der Waals surface area contributed by atoms with E-state index in [-0.39, 0.29) is 0 Å². The highest BCUT2D eigenvalue weighted by molar-refractivity contribution is 5.15. The number of ether oxygens (including phenoxy) is 1. The van der Waals surface area contributed by atoms with Crippen LogP contribution in [0.2, 0.25) is 0 Å². The first kappa shape index (κ1) is 12.1. The van der Waals surface area contributed by atoms with Crippen molar-refractivity contribution in [3.63, 3.8) is 0 Å². The molecule has 2 aliphatic rings. The van der Waals surface area contributed by atoms with E-state index in [9.17, 15) is 0 Å². The molecule has 1 heterocycles. The SMILES string of the molecule is CC(CC1COCCN1)=C1CCC(C)CC1. The quantitative estimate of drug-likeness (QED) is 0.727. The monoisotopic (exact) mass is 223 g/mol. The Bertz CT molecular complexity index is 243. The van der Waals surface area contributed by atoms with E-state index in [1.165, 1.54) is 32.1 Å². The minimum atomic E-state index is 0.556. The van der Waals surface area contributed by atoms with Crippen molar-refractivity contribution in [2.24, 2.45) is 5.92 Å². The van der Waals surface area contributed by atoms with Crippen LogP contribution >= 0.6 is 0 Å². The predicted octanol–water partition coefficient (Wildman–Crippen LogP) is 2.89. The van der Waals surface area contributed by atoms with Crippen LogP contribution in [0.25, 0.3) is 0 Å². The molecule has 0 bridgehead atoms. The fraction of sp³-hybridized carbons (Fsp3) is 0.857. The molecule has 92 valence electrons. The maximum absolute atomic E-state index is 5.50. The van der Waals surface area contributed by atoms with Crippen LogP contribution in [0.15, 0.2) is 11.1 Å². The summed E-state index contributed by atoms with van der Waals surface area (Å²) in [6.45, 7) is 7.49. The Morgan fingerprint density at radius 2 is 2.12 bits per heavy atom. The zero-order valence-electron chi connectivity index (χ0n) is 10.7. The molecule has 1 aliphatic heterocycles. The number of rotatable bonds is 2. The predicted molar refractivity (Wildman–Crippen MR) is 67.6 cm³/mol. The first-order valence-corrected chi connectivity index (χ1v) is 6.74. The summed E-state index contributed by atoms with van der Waals surface area (Å²) in [6.07, 6.45) is 6.63. The fourth-order valence-corrected chi connectivity index (χ4v) is 2.80. The van der Waals surface area contributed by atoms with Gasteiger partial charge in [0.15, 0.2) is 0 Å². The van der Waals surface area contributed by atoms with Crippen molar-refractivity contribution < 1.29 is 4.74 Å². The molecule has 1 saturated carbocycles. The van der Waals surface area contributed by atoms with Crippen molar-refractivity contribution in [1.82, 2.24) is 5.32 Å². The summed E-state index contributed by atoms with van der Waals surface area (Å²) in [7, 11) is 0. The molecule has 2 fully saturated rings. The zero-order valence-corrected chi connectivity index (χ0v) is 10.7. The lowest BCUT2D eigenvalue weighted by atomic mass is 9.84. The van der Waals surface area contributed by atoms with Crippen LogP contribution < -0.4 is 5.32 Å². The van der Waals surface area contributed by atoms with Crippen LogP contribution in [0.3, 0.4) is 0 Å². The first-order valence-electron chi connectivity index (χ1n) is 6.74. The maximum atomic E-state index is 5.50. The van der Waals surface area contributed by atoms with Gasteiger partial charge >= 0.3 is 0 Å². The van der Waals surface area contributed by atoms with E-state index in [2.05, 4.69) is 19.2 Å². The zero-order chi connectivity index (χ0) is 11.4. The molecule has 0 spiro atoms. The largest absolute Gasteiger partial charge is 0.379 e. The van der Waals surface area contributed by atoms with E-state index in [0.717, 1.165) is 25.7 Å². The molecule has 1 unspecified atom stereocenters. The number of hydrogen-bond acceptors (Lipinski definition) is 2. The molecule has 0 amide bonds. The van der Waals surface area contributed by atoms with E-state index in [1.54, 1.807) is 11.1 Å². The van der Waals surface area contributed by atoms with Crippen molar-refractivity contribution in [1.29, 1.82) is 0 Å². The van der Waals surface area contributed by atoms with Crippen molar-refractivity contribution >= 4 is 0 Å². The lowest BCUT2D eigenvalue weighted by molar-refractivity contribution is 0.0769. The van der Waals surface area contributed by atoms with Crippen LogP contribution in [0, 0.1) is 5.92 Å². The second kappa shape index (κ2) is 5.83. The van der Waals surface area contributed by atoms with Gasteiger partial charge in [0.2, 0.25) is 0 Å². The van der Waals surface area contributed by atoms with Gasteiger partial charge in [-0.05, 0) is 44.9 Å². The van der Waals surface area contributed by atoms with Gasteiger partial charge in [-0.2, -0.15) is 0 Å². The Labute approximate surface area is 99.4 Å². The Balaban J connectivity index is 1.85. The average molecular weight is 223 g/mol. The van der Waals surface area contributed by atoms with Crippen molar-refractivity contribution in [3.8, 4) is 0 Å². The third kappa shape index (κ3) is 3.33. The van der Waals surface area contributed by atoms with E-state index >= 15 is 0 Å². The molecule has 1 saturated heterocycles. The smallest absolute Gasteiger partial charge is 0.0623 e. The third-order valence-electron chi connectivity index (χ3n) is 4.03. The van der Waals surface area contributed by atoms with E-state index in [1.807, 2.05) is 0 Å². The molecule has 1 N–H and O–H groups in total. The minimum absolute atomic E-state index is 0.556. The standard InChI is InChI=1S/C14H25NO/c1-11-3-5-13(6-4-11)12(2)9-14-10-16-8-7-15-14/h11,14-15H,3-10H2,1-2H3. The number of allylic oxidation sites excluding steroid dienone is 1. The van der Waals surface area contributed by atoms with Crippen LogP contribution in [0.4, 0.5) is 0 Å². The van der Waals surface area contributed by atoms with Gasteiger partial charge in [0.05, 0.1) is 13.2 Å². The summed E-state index contributed by atoms with van der Waals surface area (Å²) in [6, 6.07) is 0.556. The Morgan fingerprint density at radius 3 is 2.75 bits per heavy atom. The van der Waals surface area contributed by atoms with Crippen LogP contribution in [-0.2, 0) is 4.74 Å². The summed E-state index contributed by atoms with van der Waals surface area (Å²) in [4.78, 5) is 0. The molecule has 1 aliphatic carbocycles. The minimum Gasteiger partial charge on any atom is -0.379 e. The van der Waals surface area contributed by atoms with E-state index in [4.69, 9.17) is 4.74 Å². The van der Waals surface area contributed by atoms with Crippen molar-refractivity contribution in [2.75, 3.05) is 19.8 Å². The topological polar surface area (TPSA) is 21.3 Å². The summed E-state index contributed by atoms with van der Waals surface area (Å²) in [5.74, 6) is 0.938. The summed E-state index contributed by atoms with van der Waals surface area (Å²) >= 11 is 0. The third-order valence-corrected chi connectivity index (χ3v) is 4.03. The number of nitrogens with one attached hydrogen (secondary N) is 1. The highest BCUT2D eigenvalue weighted by Crippen LogP contribution is 2.31. The fourth-order valence-electron chi connectivity index (χ4n) is 2.80. The Morgan fingerprint density at radius 1 is 1.38 bits per heavy atom. The molecule has 2 rings (SSSR count). The first-order chi connectivity index (χ1) is 7.75. The van der Waals surface area contributed by atoms with E-state index in [0.29, 0.717) is 6.04 Å². The average Bonchev–Trinajstić information content (AvgIpc) is 2.31. The molecule has 0 aromatic heterocycles. The van der Waals surface area contributed by atoms with Gasteiger partial charge in [-0.15, -0.1) is 0 Å². The number of hydrogen-bond donors (Lipinski definition) is 1. The number of morpholine rings is 1. The van der Waals surface area contributed by atoms with Crippen LogP contribution in [-0.4, -0.2) is 25.8 Å². The lowest BCUT2D eigenvalue weighted by Gasteiger charge is -2.27. The lowest BCUT2D eigenvalue weighted by Crippen LogP contribution is -2.41. The van der Waals surface area contributed by atoms with Gasteiger partial charge in [-0.3, -0.25) is 0 Å². The summed E-state index contributed by atoms with van der Waals surface area (Å²) in [5, 5.41) is 3.54. The highest BCUT2D eigenvalue weighted by atomic mass is 16.5. The second-order valence-electron chi connectivity index (χ2n) is 5.50. The van der Waals surface area contributed by atoms with Gasteiger partial charge in [0.1, 0.15) is 0 Å². The second-order valence-corrected chi connectivity index (χ2v) is 5.50. The molecular formula is C14H25NO.